The first-order valence-electron chi connectivity index (χ1n) is 7.68. The number of rotatable bonds is 4. The highest BCUT2D eigenvalue weighted by Crippen LogP contribution is 2.41. The van der Waals surface area contributed by atoms with Gasteiger partial charge >= 0.3 is 0 Å². The van der Waals surface area contributed by atoms with E-state index in [0.29, 0.717) is 11.5 Å². The van der Waals surface area contributed by atoms with Crippen molar-refractivity contribution in [2.24, 2.45) is 11.3 Å². The fourth-order valence-corrected chi connectivity index (χ4v) is 4.24. The van der Waals surface area contributed by atoms with Crippen LogP contribution in [-0.2, 0) is 4.74 Å². The highest BCUT2D eigenvalue weighted by molar-refractivity contribution is 9.09. The lowest BCUT2D eigenvalue weighted by Crippen LogP contribution is -2.33. The van der Waals surface area contributed by atoms with E-state index in [-0.39, 0.29) is 6.10 Å². The molecule has 0 saturated heterocycles. The van der Waals surface area contributed by atoms with Gasteiger partial charge in [-0.15, -0.1) is 0 Å². The monoisotopic (exact) mass is 338 g/mol. The largest absolute Gasteiger partial charge is 0.369 e. The Bertz CT molecular complexity index is 441. The van der Waals surface area contributed by atoms with E-state index in [1.54, 1.807) is 0 Å². The number of hydrogen-bond acceptors (Lipinski definition) is 1. The average molecular weight is 339 g/mol. The number of alkyl halides is 1. The van der Waals surface area contributed by atoms with Crippen LogP contribution in [0.25, 0.3) is 0 Å². The van der Waals surface area contributed by atoms with Crippen molar-refractivity contribution in [2.45, 2.75) is 59.2 Å². The van der Waals surface area contributed by atoms with Crippen molar-refractivity contribution in [3.8, 4) is 0 Å². The molecule has 1 aliphatic carbocycles. The van der Waals surface area contributed by atoms with E-state index in [4.69, 9.17) is 4.74 Å². The van der Waals surface area contributed by atoms with Gasteiger partial charge in [0.2, 0.25) is 0 Å². The van der Waals surface area contributed by atoms with Crippen LogP contribution in [0.2, 0.25) is 0 Å². The Hall–Kier alpha value is -0.340. The van der Waals surface area contributed by atoms with Crippen LogP contribution in [0.3, 0.4) is 0 Å². The molecule has 2 heteroatoms. The molecule has 0 aliphatic heterocycles. The normalized spacial score (nSPS) is 27.2. The van der Waals surface area contributed by atoms with Crippen LogP contribution in [0, 0.1) is 18.3 Å². The molecule has 0 aromatic heterocycles. The first-order valence-corrected chi connectivity index (χ1v) is 8.80. The van der Waals surface area contributed by atoms with Gasteiger partial charge in [0.1, 0.15) is 0 Å². The van der Waals surface area contributed by atoms with Gasteiger partial charge in [-0.3, -0.25) is 0 Å². The molecular weight excluding hydrogens is 312 g/mol. The quantitative estimate of drug-likeness (QED) is 0.643. The minimum atomic E-state index is 0.169. The SMILES string of the molecule is Cc1ccccc1C(CBr)OC1CC(C)CC(C)(C)C1. The second-order valence-electron chi connectivity index (χ2n) is 7.17. The summed E-state index contributed by atoms with van der Waals surface area (Å²) < 4.78 is 6.47. The van der Waals surface area contributed by atoms with Crippen LogP contribution >= 0.6 is 15.9 Å². The van der Waals surface area contributed by atoms with Gasteiger partial charge in [0, 0.05) is 5.33 Å². The summed E-state index contributed by atoms with van der Waals surface area (Å²) >= 11 is 3.63. The first-order chi connectivity index (χ1) is 9.41. The third kappa shape index (κ3) is 4.08. The summed E-state index contributed by atoms with van der Waals surface area (Å²) in [4.78, 5) is 0. The van der Waals surface area contributed by atoms with Crippen molar-refractivity contribution < 1.29 is 4.74 Å². The molecule has 1 aliphatic rings. The summed E-state index contributed by atoms with van der Waals surface area (Å²) in [6.45, 7) is 9.27. The average Bonchev–Trinajstić information content (AvgIpc) is 2.34. The van der Waals surface area contributed by atoms with Crippen LogP contribution in [0.4, 0.5) is 0 Å². The maximum atomic E-state index is 6.47. The van der Waals surface area contributed by atoms with Gasteiger partial charge in [0.25, 0.3) is 0 Å². The molecule has 20 heavy (non-hydrogen) atoms. The lowest BCUT2D eigenvalue weighted by Gasteiger charge is -2.40. The van der Waals surface area contributed by atoms with E-state index in [9.17, 15) is 0 Å². The summed E-state index contributed by atoms with van der Waals surface area (Å²) in [6, 6.07) is 8.56. The molecule has 0 spiro atoms. The van der Waals surface area contributed by atoms with Crippen LogP contribution in [0.15, 0.2) is 24.3 Å². The lowest BCUT2D eigenvalue weighted by atomic mass is 9.71. The Morgan fingerprint density at radius 3 is 2.60 bits per heavy atom. The molecule has 112 valence electrons. The Kier molecular flexibility index (Phi) is 5.30. The van der Waals surface area contributed by atoms with Gasteiger partial charge < -0.3 is 4.74 Å². The minimum Gasteiger partial charge on any atom is -0.369 e. The highest BCUT2D eigenvalue weighted by atomic mass is 79.9. The molecular formula is C18H27BrO. The molecule has 1 fully saturated rings. The van der Waals surface area contributed by atoms with Gasteiger partial charge in [-0.2, -0.15) is 0 Å². The number of hydrogen-bond donors (Lipinski definition) is 0. The maximum absolute atomic E-state index is 6.47. The molecule has 3 atom stereocenters. The Labute approximate surface area is 132 Å². The van der Waals surface area contributed by atoms with Crippen molar-refractivity contribution in [3.05, 3.63) is 35.4 Å². The van der Waals surface area contributed by atoms with Crippen LogP contribution in [-0.4, -0.2) is 11.4 Å². The molecule has 1 aromatic rings. The molecule has 1 nitrogen and oxygen atoms in total. The molecule has 2 rings (SSSR count). The molecule has 3 unspecified atom stereocenters. The number of aryl methyl sites for hydroxylation is 1. The van der Waals surface area contributed by atoms with Crippen molar-refractivity contribution in [3.63, 3.8) is 0 Å². The topological polar surface area (TPSA) is 9.23 Å². The predicted molar refractivity (Wildman–Crippen MR) is 89.4 cm³/mol. The Morgan fingerprint density at radius 2 is 2.00 bits per heavy atom. The smallest absolute Gasteiger partial charge is 0.0927 e. The van der Waals surface area contributed by atoms with Crippen LogP contribution < -0.4 is 0 Å². The van der Waals surface area contributed by atoms with Gasteiger partial charge in [-0.25, -0.2) is 0 Å². The van der Waals surface area contributed by atoms with Crippen molar-refractivity contribution in [1.82, 2.24) is 0 Å². The minimum absolute atomic E-state index is 0.169. The zero-order valence-electron chi connectivity index (χ0n) is 13.2. The number of benzene rings is 1. The first kappa shape index (κ1) is 16.0. The molecule has 0 N–H and O–H groups in total. The molecule has 1 saturated carbocycles. The summed E-state index contributed by atoms with van der Waals surface area (Å²) in [6.07, 6.45) is 4.24. The number of ether oxygens (including phenoxy) is 1. The summed E-state index contributed by atoms with van der Waals surface area (Å²) in [5.74, 6) is 0.761. The van der Waals surface area contributed by atoms with Crippen LogP contribution in [0.5, 0.6) is 0 Å². The van der Waals surface area contributed by atoms with Crippen molar-refractivity contribution >= 4 is 15.9 Å². The van der Waals surface area contributed by atoms with E-state index < -0.39 is 0 Å². The summed E-state index contributed by atoms with van der Waals surface area (Å²) in [7, 11) is 0. The van der Waals surface area contributed by atoms with Crippen LogP contribution in [0.1, 0.15) is 57.3 Å². The van der Waals surface area contributed by atoms with E-state index in [0.717, 1.165) is 11.2 Å². The molecule has 0 heterocycles. The van der Waals surface area contributed by atoms with E-state index in [1.165, 1.54) is 30.4 Å². The fourth-order valence-electron chi connectivity index (χ4n) is 3.74. The Balaban J connectivity index is 2.09. The van der Waals surface area contributed by atoms with Gasteiger partial charge in [0.05, 0.1) is 12.2 Å². The number of halogens is 1. The second kappa shape index (κ2) is 6.62. The third-order valence-electron chi connectivity index (χ3n) is 4.38. The maximum Gasteiger partial charge on any atom is 0.0927 e. The van der Waals surface area contributed by atoms with Gasteiger partial charge in [0.15, 0.2) is 0 Å². The van der Waals surface area contributed by atoms with Crippen molar-refractivity contribution in [1.29, 1.82) is 0 Å². The molecule has 0 radical (unpaired) electrons. The van der Waals surface area contributed by atoms with E-state index in [1.807, 2.05) is 0 Å². The standard InChI is InChI=1S/C18H27BrO/c1-13-9-15(11-18(3,4)10-13)20-17(12-19)16-8-6-5-7-14(16)2/h5-8,13,15,17H,9-12H2,1-4H3. The third-order valence-corrected chi connectivity index (χ3v) is 4.97. The summed E-state index contributed by atoms with van der Waals surface area (Å²) in [5.41, 5.74) is 3.05. The van der Waals surface area contributed by atoms with Crippen molar-refractivity contribution in [2.75, 3.05) is 5.33 Å². The fraction of sp³-hybridized carbons (Fsp3) is 0.667. The lowest BCUT2D eigenvalue weighted by molar-refractivity contribution is -0.0581. The van der Waals surface area contributed by atoms with Gasteiger partial charge in [-0.05, 0) is 48.6 Å². The molecule has 0 amide bonds. The molecule has 0 bridgehead atoms. The highest BCUT2D eigenvalue weighted by Gasteiger charge is 2.33. The van der Waals surface area contributed by atoms with Gasteiger partial charge in [-0.1, -0.05) is 61.0 Å². The van der Waals surface area contributed by atoms with E-state index >= 15 is 0 Å². The summed E-state index contributed by atoms with van der Waals surface area (Å²) in [5, 5.41) is 0.864. The van der Waals surface area contributed by atoms with E-state index in [2.05, 4.69) is 67.9 Å². The second-order valence-corrected chi connectivity index (χ2v) is 7.82. The molecule has 1 aromatic carbocycles. The predicted octanol–water partition coefficient (Wildman–Crippen LogP) is 5.66. The zero-order chi connectivity index (χ0) is 14.8. The Morgan fingerprint density at radius 1 is 1.30 bits per heavy atom. The zero-order valence-corrected chi connectivity index (χ0v) is 14.7.